The summed E-state index contributed by atoms with van der Waals surface area (Å²) in [6.45, 7) is 0.106. The van der Waals surface area contributed by atoms with Crippen LogP contribution in [-0.4, -0.2) is 85.3 Å². The summed E-state index contributed by atoms with van der Waals surface area (Å²) in [4.78, 5) is 3.09. The van der Waals surface area contributed by atoms with E-state index in [-0.39, 0.29) is 41.1 Å². The molecular formula is C54H76N2O9. The van der Waals surface area contributed by atoms with Crippen molar-refractivity contribution < 1.29 is 44.8 Å². The number of methoxy groups -OCH3 is 1. The summed E-state index contributed by atoms with van der Waals surface area (Å²) < 4.78 is 19.7. The highest BCUT2D eigenvalue weighted by Crippen LogP contribution is 2.57. The van der Waals surface area contributed by atoms with E-state index in [2.05, 4.69) is 28.5 Å². The number of hydrogen-bond donors (Lipinski definition) is 8. The molecule has 5 saturated carbocycles. The van der Waals surface area contributed by atoms with E-state index in [1.807, 2.05) is 18.5 Å². The Labute approximate surface area is 385 Å². The summed E-state index contributed by atoms with van der Waals surface area (Å²) in [7, 11) is 1.46. The second-order valence-electron chi connectivity index (χ2n) is 21.9. The molecule has 3 heterocycles. The highest BCUT2D eigenvalue weighted by molar-refractivity contribution is 5.64. The van der Waals surface area contributed by atoms with Crippen LogP contribution in [0, 0.1) is 29.6 Å². The fourth-order valence-corrected chi connectivity index (χ4v) is 14.8. The Morgan fingerprint density at radius 2 is 1.62 bits per heavy atom. The van der Waals surface area contributed by atoms with Gasteiger partial charge in [0.05, 0.1) is 50.3 Å². The number of benzene rings is 2. The Bertz CT molecular complexity index is 2090. The minimum atomic E-state index is -0.694. The number of phenolic OH excluding ortho intramolecular Hbond substituents is 1. The molecule has 2 aromatic carbocycles. The lowest BCUT2D eigenvalue weighted by molar-refractivity contribution is -0.154. The molecule has 10 rings (SSSR count). The van der Waals surface area contributed by atoms with Crippen molar-refractivity contribution in [2.24, 2.45) is 29.6 Å². The molecule has 11 nitrogen and oxygen atoms in total. The van der Waals surface area contributed by atoms with Crippen LogP contribution in [0.15, 0.2) is 36.7 Å². The third kappa shape index (κ3) is 9.20. The van der Waals surface area contributed by atoms with Crippen molar-refractivity contribution in [3.8, 4) is 23.0 Å². The van der Waals surface area contributed by atoms with Gasteiger partial charge in [0.15, 0.2) is 11.5 Å². The van der Waals surface area contributed by atoms with Gasteiger partial charge >= 0.3 is 0 Å². The molecule has 65 heavy (non-hydrogen) atoms. The van der Waals surface area contributed by atoms with E-state index in [9.17, 15) is 30.6 Å². The number of aliphatic hydroxyl groups excluding tert-OH is 3. The lowest BCUT2D eigenvalue weighted by Gasteiger charge is -2.50. The molecular weight excluding hydrogens is 821 g/mol. The second-order valence-corrected chi connectivity index (χ2v) is 21.9. The molecule has 0 spiro atoms. The molecule has 3 aromatic rings. The van der Waals surface area contributed by atoms with E-state index in [1.54, 1.807) is 0 Å². The first-order valence-electron chi connectivity index (χ1n) is 25.7. The van der Waals surface area contributed by atoms with Gasteiger partial charge in [-0.05, 0) is 173 Å². The third-order valence-corrected chi connectivity index (χ3v) is 18.2. The molecule has 7 aliphatic rings. The number of phenols is 2. The molecule has 8 N–H and O–H groups in total. The fraction of sp³-hybridized carbons (Fsp3) is 0.704. The molecule has 6 fully saturated rings. The first-order valence-corrected chi connectivity index (χ1v) is 25.7. The number of nitrogens with one attached hydrogen (secondary N) is 2. The molecule has 5 aliphatic carbocycles. The number of aliphatic hydroxyl groups is 4. The van der Waals surface area contributed by atoms with Crippen LogP contribution < -0.4 is 14.8 Å². The van der Waals surface area contributed by atoms with E-state index in [0.717, 1.165) is 75.5 Å². The van der Waals surface area contributed by atoms with Gasteiger partial charge in [0.2, 0.25) is 5.75 Å². The van der Waals surface area contributed by atoms with Crippen LogP contribution in [0.5, 0.6) is 23.0 Å². The van der Waals surface area contributed by atoms with Crippen molar-refractivity contribution >= 4 is 0 Å². The SMILES string of the molecule is COc1c(O)c(O)c(CO)c(C2CC(O)C3CCC(c4ccc5c(c4)C4C(CCC6CC(NC7CCCCC7)CCC64)C(O)CCC4(O)CCC(CCO5)C4)CC3O2)c1Cc1cc[nH]c1. The van der Waals surface area contributed by atoms with E-state index in [4.69, 9.17) is 14.2 Å². The topological polar surface area (TPSA) is 177 Å². The lowest BCUT2D eigenvalue weighted by Crippen LogP contribution is -2.48. The Morgan fingerprint density at radius 3 is 2.42 bits per heavy atom. The molecule has 13 unspecified atom stereocenters. The average molecular weight is 897 g/mol. The highest BCUT2D eigenvalue weighted by Gasteiger charge is 2.49. The zero-order valence-electron chi connectivity index (χ0n) is 38.6. The second kappa shape index (κ2) is 19.4. The first kappa shape index (κ1) is 45.5. The van der Waals surface area contributed by atoms with Gasteiger partial charge in [0.25, 0.3) is 0 Å². The number of fused-ring (bicyclic) bond motifs is 8. The molecule has 2 bridgehead atoms. The maximum absolute atomic E-state index is 12.3. The molecule has 11 heteroatoms. The van der Waals surface area contributed by atoms with Crippen LogP contribution in [-0.2, 0) is 17.8 Å². The maximum atomic E-state index is 12.3. The van der Waals surface area contributed by atoms with Crippen LogP contribution in [0.1, 0.15) is 180 Å². The quantitative estimate of drug-likeness (QED) is 0.102. The standard InChI is InChI=1S/C54H76N2O9/c1-63-53-42(23-32-17-21-55-29-32)50(43(30-57)51(60)52(53)61)48-27-45(59)39-11-7-34(26-47(39)65-48)33-9-14-46-41(25-33)49-38-13-10-37(56-36-5-3-2-4-6-36)24-35(38)8-12-40(49)44(58)16-20-54(62)19-15-31(28-54)18-22-64-46/h9,14,17,21,25,29,31,34-40,44-45,47-49,55-62H,2-8,10-13,15-16,18-20,22-24,26-28,30H2,1H3. The van der Waals surface area contributed by atoms with Crippen molar-refractivity contribution in [3.63, 3.8) is 0 Å². The maximum Gasteiger partial charge on any atom is 0.201 e. The number of aromatic amines is 1. The molecule has 0 radical (unpaired) electrons. The number of hydrogen-bond acceptors (Lipinski definition) is 10. The van der Waals surface area contributed by atoms with Gasteiger partial charge in [-0.15, -0.1) is 0 Å². The summed E-state index contributed by atoms with van der Waals surface area (Å²) >= 11 is 0. The molecule has 0 amide bonds. The highest BCUT2D eigenvalue weighted by atomic mass is 16.5. The van der Waals surface area contributed by atoms with E-state index >= 15 is 0 Å². The van der Waals surface area contributed by atoms with Gasteiger partial charge in [0, 0.05) is 54.4 Å². The van der Waals surface area contributed by atoms with Crippen LogP contribution in [0.2, 0.25) is 0 Å². The van der Waals surface area contributed by atoms with E-state index < -0.39 is 42.0 Å². The minimum Gasteiger partial charge on any atom is -0.504 e. The van der Waals surface area contributed by atoms with Crippen molar-refractivity contribution in [1.82, 2.24) is 10.3 Å². The summed E-state index contributed by atoms with van der Waals surface area (Å²) in [6, 6.07) is 10.1. The zero-order valence-corrected chi connectivity index (χ0v) is 38.6. The van der Waals surface area contributed by atoms with Crippen molar-refractivity contribution in [2.75, 3.05) is 13.7 Å². The Kier molecular flexibility index (Phi) is 13.5. The normalized spacial score (nSPS) is 36.7. The number of H-pyrrole nitrogens is 1. The van der Waals surface area contributed by atoms with Crippen LogP contribution in [0.3, 0.4) is 0 Å². The predicted octanol–water partition coefficient (Wildman–Crippen LogP) is 8.95. The smallest absolute Gasteiger partial charge is 0.201 e. The van der Waals surface area contributed by atoms with E-state index in [1.165, 1.54) is 56.8 Å². The number of rotatable bonds is 8. The van der Waals surface area contributed by atoms with Crippen molar-refractivity contribution in [1.29, 1.82) is 0 Å². The minimum absolute atomic E-state index is 0.0569. The van der Waals surface area contributed by atoms with Gasteiger partial charge in [-0.25, -0.2) is 0 Å². The molecule has 13 atom stereocenters. The Hall–Kier alpha value is -3.32. The Morgan fingerprint density at radius 1 is 0.800 bits per heavy atom. The van der Waals surface area contributed by atoms with Crippen LogP contribution in [0.25, 0.3) is 0 Å². The summed E-state index contributed by atoms with van der Waals surface area (Å²) in [6.07, 6.45) is 21.8. The number of aromatic hydroxyl groups is 2. The van der Waals surface area contributed by atoms with Gasteiger partial charge in [-0.1, -0.05) is 31.4 Å². The third-order valence-electron chi connectivity index (χ3n) is 18.2. The zero-order chi connectivity index (χ0) is 44.8. The van der Waals surface area contributed by atoms with Crippen molar-refractivity contribution in [2.45, 2.75) is 195 Å². The molecule has 356 valence electrons. The summed E-state index contributed by atoms with van der Waals surface area (Å²) in [5.74, 6) is 2.06. The van der Waals surface area contributed by atoms with Gasteiger partial charge in [-0.2, -0.15) is 0 Å². The van der Waals surface area contributed by atoms with E-state index in [0.29, 0.717) is 79.7 Å². The van der Waals surface area contributed by atoms with Gasteiger partial charge < -0.3 is 55.2 Å². The molecule has 2 aliphatic heterocycles. The van der Waals surface area contributed by atoms with Gasteiger partial charge in [0.1, 0.15) is 5.75 Å². The number of aromatic nitrogens is 1. The summed E-state index contributed by atoms with van der Waals surface area (Å²) in [5, 5.41) is 72.9. The summed E-state index contributed by atoms with van der Waals surface area (Å²) in [5.41, 5.74) is 4.12. The van der Waals surface area contributed by atoms with Crippen LogP contribution >= 0.6 is 0 Å². The molecule has 1 aromatic heterocycles. The average Bonchev–Trinajstić information content (AvgIpc) is 3.98. The largest absolute Gasteiger partial charge is 0.504 e. The predicted molar refractivity (Wildman–Crippen MR) is 248 cm³/mol. The first-order chi connectivity index (χ1) is 31.6. The fourth-order valence-electron chi connectivity index (χ4n) is 14.8. The monoisotopic (exact) mass is 897 g/mol. The number of ether oxygens (including phenoxy) is 3. The molecule has 1 saturated heterocycles. The van der Waals surface area contributed by atoms with Crippen molar-refractivity contribution in [3.05, 3.63) is 70.0 Å². The Balaban J connectivity index is 0.960. The lowest BCUT2D eigenvalue weighted by atomic mass is 9.57. The van der Waals surface area contributed by atoms with Crippen LogP contribution in [0.4, 0.5) is 0 Å². The van der Waals surface area contributed by atoms with Gasteiger partial charge in [-0.3, -0.25) is 0 Å².